The van der Waals surface area contributed by atoms with E-state index in [0.717, 1.165) is 25.0 Å². The second kappa shape index (κ2) is 3.85. The average Bonchev–Trinajstić information content (AvgIpc) is 1.98. The minimum atomic E-state index is -0.133. The molecule has 0 saturated carbocycles. The zero-order valence-corrected chi connectivity index (χ0v) is 8.02. The van der Waals surface area contributed by atoms with Crippen LogP contribution in [0.15, 0.2) is 11.1 Å². The third-order valence-electron chi connectivity index (χ3n) is 2.53. The molecule has 0 radical (unpaired) electrons. The van der Waals surface area contributed by atoms with Crippen LogP contribution in [0.4, 0.5) is 0 Å². The van der Waals surface area contributed by atoms with Crippen molar-refractivity contribution in [1.29, 1.82) is 0 Å². The Hall–Kier alpha value is -0.630. The summed E-state index contributed by atoms with van der Waals surface area (Å²) < 4.78 is 5.12. The van der Waals surface area contributed by atoms with Crippen molar-refractivity contribution < 1.29 is 9.53 Å². The summed E-state index contributed by atoms with van der Waals surface area (Å²) >= 11 is 0. The molecule has 0 amide bonds. The second-order valence-corrected chi connectivity index (χ2v) is 3.27. The number of Topliss-reactive ketones (excluding diaryl/α,β-unsaturated/α-hetero) is 1. The van der Waals surface area contributed by atoms with Gasteiger partial charge in [0.25, 0.3) is 0 Å². The van der Waals surface area contributed by atoms with Gasteiger partial charge in [0.05, 0.1) is 6.61 Å². The van der Waals surface area contributed by atoms with Crippen LogP contribution in [0, 0.1) is 0 Å². The van der Waals surface area contributed by atoms with Gasteiger partial charge < -0.3 is 4.74 Å². The maximum atomic E-state index is 11.5. The lowest BCUT2D eigenvalue weighted by molar-refractivity contribution is -0.138. The van der Waals surface area contributed by atoms with Crippen molar-refractivity contribution in [3.05, 3.63) is 11.1 Å². The molecule has 2 heteroatoms. The molecule has 1 saturated heterocycles. The molecular weight excluding hydrogens is 152 g/mol. The van der Waals surface area contributed by atoms with E-state index in [4.69, 9.17) is 4.74 Å². The molecule has 1 rings (SSSR count). The SMILES string of the molecule is CCC(C)=C(C)C(=O)C1CCO1. The number of rotatable bonds is 3. The van der Waals surface area contributed by atoms with E-state index in [-0.39, 0.29) is 11.9 Å². The molecular formula is C10H16O2. The van der Waals surface area contributed by atoms with Gasteiger partial charge in [0, 0.05) is 6.42 Å². The molecule has 0 aromatic heterocycles. The van der Waals surface area contributed by atoms with Crippen LogP contribution in [0.25, 0.3) is 0 Å². The third kappa shape index (κ3) is 1.75. The topological polar surface area (TPSA) is 26.3 Å². The molecule has 1 unspecified atom stereocenters. The maximum absolute atomic E-state index is 11.5. The van der Waals surface area contributed by atoms with Gasteiger partial charge in [-0.2, -0.15) is 0 Å². The van der Waals surface area contributed by atoms with Crippen molar-refractivity contribution >= 4 is 5.78 Å². The summed E-state index contributed by atoms with van der Waals surface area (Å²) in [5.74, 6) is 0.181. The van der Waals surface area contributed by atoms with Crippen molar-refractivity contribution in [2.24, 2.45) is 0 Å². The first-order valence-corrected chi connectivity index (χ1v) is 4.49. The molecule has 68 valence electrons. The summed E-state index contributed by atoms with van der Waals surface area (Å²) in [6, 6.07) is 0. The fourth-order valence-electron chi connectivity index (χ4n) is 1.16. The van der Waals surface area contributed by atoms with E-state index in [2.05, 4.69) is 6.92 Å². The van der Waals surface area contributed by atoms with E-state index in [1.165, 1.54) is 5.57 Å². The number of carbonyl (C=O) groups is 1. The molecule has 0 aliphatic carbocycles. The molecule has 0 aromatic rings. The van der Waals surface area contributed by atoms with Gasteiger partial charge in [0.1, 0.15) is 6.10 Å². The van der Waals surface area contributed by atoms with Crippen LogP contribution in [-0.4, -0.2) is 18.5 Å². The summed E-state index contributed by atoms with van der Waals surface area (Å²) in [5.41, 5.74) is 2.07. The Morgan fingerprint density at radius 3 is 2.42 bits per heavy atom. The van der Waals surface area contributed by atoms with E-state index >= 15 is 0 Å². The smallest absolute Gasteiger partial charge is 0.187 e. The molecule has 1 fully saturated rings. The van der Waals surface area contributed by atoms with Crippen molar-refractivity contribution in [2.75, 3.05) is 6.61 Å². The predicted molar refractivity (Wildman–Crippen MR) is 48.0 cm³/mol. The van der Waals surface area contributed by atoms with Crippen LogP contribution in [-0.2, 0) is 9.53 Å². The summed E-state index contributed by atoms with van der Waals surface area (Å²) in [4.78, 5) is 11.5. The second-order valence-electron chi connectivity index (χ2n) is 3.27. The molecule has 1 heterocycles. The fourth-order valence-corrected chi connectivity index (χ4v) is 1.16. The van der Waals surface area contributed by atoms with E-state index in [0.29, 0.717) is 0 Å². The number of ether oxygens (including phenoxy) is 1. The molecule has 0 bridgehead atoms. The van der Waals surface area contributed by atoms with Crippen LogP contribution in [0.1, 0.15) is 33.6 Å². The Morgan fingerprint density at radius 2 is 2.08 bits per heavy atom. The van der Waals surface area contributed by atoms with Crippen LogP contribution in [0.3, 0.4) is 0 Å². The summed E-state index contributed by atoms with van der Waals surface area (Å²) in [6.45, 7) is 6.71. The quantitative estimate of drug-likeness (QED) is 0.603. The minimum absolute atomic E-state index is 0.133. The molecule has 1 atom stereocenters. The maximum Gasteiger partial charge on any atom is 0.187 e. The zero-order chi connectivity index (χ0) is 9.14. The summed E-state index contributed by atoms with van der Waals surface area (Å²) in [6.07, 6.45) is 1.71. The van der Waals surface area contributed by atoms with Crippen LogP contribution < -0.4 is 0 Å². The van der Waals surface area contributed by atoms with Crippen LogP contribution in [0.2, 0.25) is 0 Å². The van der Waals surface area contributed by atoms with Crippen molar-refractivity contribution in [3.63, 3.8) is 0 Å². The minimum Gasteiger partial charge on any atom is -0.370 e. The Morgan fingerprint density at radius 1 is 1.50 bits per heavy atom. The van der Waals surface area contributed by atoms with Gasteiger partial charge in [-0.3, -0.25) is 4.79 Å². The van der Waals surface area contributed by atoms with Crippen molar-refractivity contribution in [3.8, 4) is 0 Å². The van der Waals surface area contributed by atoms with Crippen molar-refractivity contribution in [1.82, 2.24) is 0 Å². The lowest BCUT2D eigenvalue weighted by Crippen LogP contribution is -2.35. The molecule has 0 spiro atoms. The highest BCUT2D eigenvalue weighted by molar-refractivity contribution is 5.99. The van der Waals surface area contributed by atoms with E-state index in [9.17, 15) is 4.79 Å². The molecule has 2 nitrogen and oxygen atoms in total. The summed E-state index contributed by atoms with van der Waals surface area (Å²) in [5, 5.41) is 0. The molecule has 12 heavy (non-hydrogen) atoms. The number of hydrogen-bond acceptors (Lipinski definition) is 2. The normalized spacial score (nSPS) is 24.4. The number of ketones is 1. The number of carbonyl (C=O) groups excluding carboxylic acids is 1. The molecule has 1 aliphatic heterocycles. The molecule has 0 aromatic carbocycles. The highest BCUT2D eigenvalue weighted by Gasteiger charge is 2.27. The standard InChI is InChI=1S/C10H16O2/c1-4-7(2)8(3)10(11)9-5-6-12-9/h9H,4-6H2,1-3H3. The largest absolute Gasteiger partial charge is 0.370 e. The van der Waals surface area contributed by atoms with Gasteiger partial charge in [0.15, 0.2) is 5.78 Å². The molecule has 0 N–H and O–H groups in total. The predicted octanol–water partition coefficient (Wildman–Crippen LogP) is 2.09. The highest BCUT2D eigenvalue weighted by atomic mass is 16.5. The Labute approximate surface area is 73.6 Å². The van der Waals surface area contributed by atoms with E-state index in [1.54, 1.807) is 0 Å². The lowest BCUT2D eigenvalue weighted by Gasteiger charge is -2.25. The average molecular weight is 168 g/mol. The summed E-state index contributed by atoms with van der Waals surface area (Å²) in [7, 11) is 0. The van der Waals surface area contributed by atoms with Gasteiger partial charge in [-0.05, 0) is 25.8 Å². The first-order valence-electron chi connectivity index (χ1n) is 4.49. The van der Waals surface area contributed by atoms with Crippen molar-refractivity contribution in [2.45, 2.75) is 39.7 Å². The van der Waals surface area contributed by atoms with Gasteiger partial charge in [0.2, 0.25) is 0 Å². The van der Waals surface area contributed by atoms with E-state index < -0.39 is 0 Å². The zero-order valence-electron chi connectivity index (χ0n) is 8.02. The Kier molecular flexibility index (Phi) is 3.04. The first-order chi connectivity index (χ1) is 5.66. The number of hydrogen-bond donors (Lipinski definition) is 0. The fraction of sp³-hybridized carbons (Fsp3) is 0.700. The van der Waals surface area contributed by atoms with Crippen LogP contribution in [0.5, 0.6) is 0 Å². The van der Waals surface area contributed by atoms with Gasteiger partial charge >= 0.3 is 0 Å². The van der Waals surface area contributed by atoms with Gasteiger partial charge in [-0.1, -0.05) is 12.5 Å². The molecule has 1 aliphatic rings. The first kappa shape index (κ1) is 9.46. The Balaban J connectivity index is 2.62. The Bertz CT molecular complexity index is 212. The van der Waals surface area contributed by atoms with Crippen LogP contribution >= 0.6 is 0 Å². The monoisotopic (exact) mass is 168 g/mol. The lowest BCUT2D eigenvalue weighted by atomic mass is 9.98. The van der Waals surface area contributed by atoms with E-state index in [1.807, 2.05) is 13.8 Å². The van der Waals surface area contributed by atoms with Gasteiger partial charge in [-0.15, -0.1) is 0 Å². The third-order valence-corrected chi connectivity index (χ3v) is 2.53. The highest BCUT2D eigenvalue weighted by Crippen LogP contribution is 2.18. The number of allylic oxidation sites excluding steroid dienone is 1. The van der Waals surface area contributed by atoms with Gasteiger partial charge in [-0.25, -0.2) is 0 Å².